The molecule has 0 bridgehead atoms. The number of ether oxygens (including phenoxy) is 2. The van der Waals surface area contributed by atoms with Crippen molar-refractivity contribution >= 4 is 45.5 Å². The molecule has 2 N–H and O–H groups in total. The quantitative estimate of drug-likeness (QED) is 0.630. The summed E-state index contributed by atoms with van der Waals surface area (Å²) in [5, 5.41) is 11.6. The highest BCUT2D eigenvalue weighted by Gasteiger charge is 2.27. The van der Waals surface area contributed by atoms with Crippen LogP contribution in [0.2, 0.25) is 0 Å². The van der Waals surface area contributed by atoms with E-state index in [1.54, 1.807) is 13.0 Å². The standard InChI is InChI=1S/C17H15N3O5S2/c1-8-12(16(22)24-2)15(27-13(8)17(23)25-3)18-14(21)10-7-9(19-20-10)11-5-4-6-26-11/h4-7H,1-3H3,(H,18,21)(H,19,20). The topological polar surface area (TPSA) is 110 Å². The number of thiophene rings is 2. The molecule has 0 saturated heterocycles. The Bertz CT molecular complexity index is 1000. The number of nitrogens with zero attached hydrogens (tertiary/aromatic N) is 1. The summed E-state index contributed by atoms with van der Waals surface area (Å²) in [5.74, 6) is -1.77. The van der Waals surface area contributed by atoms with Crippen molar-refractivity contribution in [3.05, 3.63) is 45.3 Å². The normalized spacial score (nSPS) is 10.5. The number of amides is 1. The Labute approximate surface area is 162 Å². The fourth-order valence-corrected chi connectivity index (χ4v) is 4.20. The summed E-state index contributed by atoms with van der Waals surface area (Å²) in [6.45, 7) is 1.59. The van der Waals surface area contributed by atoms with Crippen LogP contribution in [-0.2, 0) is 9.47 Å². The van der Waals surface area contributed by atoms with Crippen molar-refractivity contribution in [1.82, 2.24) is 10.2 Å². The van der Waals surface area contributed by atoms with Gasteiger partial charge >= 0.3 is 11.9 Å². The van der Waals surface area contributed by atoms with Gasteiger partial charge in [-0.15, -0.1) is 22.7 Å². The lowest BCUT2D eigenvalue weighted by Crippen LogP contribution is -2.14. The molecule has 0 atom stereocenters. The van der Waals surface area contributed by atoms with Gasteiger partial charge in [0.2, 0.25) is 0 Å². The molecular weight excluding hydrogens is 390 g/mol. The first-order valence-electron chi connectivity index (χ1n) is 7.67. The van der Waals surface area contributed by atoms with Crippen molar-refractivity contribution in [1.29, 1.82) is 0 Å². The van der Waals surface area contributed by atoms with Gasteiger partial charge in [-0.3, -0.25) is 9.89 Å². The van der Waals surface area contributed by atoms with E-state index in [-0.39, 0.29) is 21.1 Å². The van der Waals surface area contributed by atoms with E-state index >= 15 is 0 Å². The van der Waals surface area contributed by atoms with Crippen molar-refractivity contribution in [2.24, 2.45) is 0 Å². The number of rotatable bonds is 5. The number of hydrogen-bond donors (Lipinski definition) is 2. The maximum atomic E-state index is 12.6. The van der Waals surface area contributed by atoms with Crippen LogP contribution in [0.5, 0.6) is 0 Å². The van der Waals surface area contributed by atoms with Gasteiger partial charge in [0.25, 0.3) is 5.91 Å². The van der Waals surface area contributed by atoms with Crippen LogP contribution in [0.15, 0.2) is 23.6 Å². The molecule has 3 rings (SSSR count). The summed E-state index contributed by atoms with van der Waals surface area (Å²) in [6, 6.07) is 5.41. The number of nitrogens with one attached hydrogen (secondary N) is 2. The third kappa shape index (κ3) is 3.62. The third-order valence-electron chi connectivity index (χ3n) is 3.73. The Kier molecular flexibility index (Phi) is 5.38. The molecule has 0 aliphatic heterocycles. The van der Waals surface area contributed by atoms with E-state index in [1.807, 2.05) is 17.5 Å². The second-order valence-electron chi connectivity index (χ2n) is 5.34. The highest BCUT2D eigenvalue weighted by molar-refractivity contribution is 7.18. The van der Waals surface area contributed by atoms with Crippen LogP contribution in [0.1, 0.15) is 36.1 Å². The van der Waals surface area contributed by atoms with Gasteiger partial charge in [0.1, 0.15) is 9.88 Å². The molecule has 10 heteroatoms. The summed E-state index contributed by atoms with van der Waals surface area (Å²) < 4.78 is 9.49. The number of hydrogen-bond acceptors (Lipinski definition) is 8. The molecule has 0 fully saturated rings. The van der Waals surface area contributed by atoms with Crippen molar-refractivity contribution in [3.8, 4) is 10.6 Å². The van der Waals surface area contributed by atoms with Gasteiger partial charge in [0.15, 0.2) is 5.69 Å². The lowest BCUT2D eigenvalue weighted by molar-refractivity contribution is 0.0601. The Balaban J connectivity index is 1.91. The Morgan fingerprint density at radius 2 is 1.93 bits per heavy atom. The molecule has 8 nitrogen and oxygen atoms in total. The minimum Gasteiger partial charge on any atom is -0.465 e. The average Bonchev–Trinajstić information content (AvgIpc) is 3.40. The van der Waals surface area contributed by atoms with E-state index < -0.39 is 17.8 Å². The molecular formula is C17H15N3O5S2. The minimum atomic E-state index is -0.657. The van der Waals surface area contributed by atoms with E-state index in [4.69, 9.17) is 9.47 Å². The van der Waals surface area contributed by atoms with Crippen LogP contribution < -0.4 is 5.32 Å². The van der Waals surface area contributed by atoms with Gasteiger partial charge in [0.05, 0.1) is 30.4 Å². The number of carbonyl (C=O) groups excluding carboxylic acids is 3. The SMILES string of the molecule is COC(=O)c1sc(NC(=O)c2cc(-c3cccs3)[nH]n2)c(C(=O)OC)c1C. The largest absolute Gasteiger partial charge is 0.465 e. The molecule has 0 saturated carbocycles. The molecule has 140 valence electrons. The van der Waals surface area contributed by atoms with Gasteiger partial charge in [-0.2, -0.15) is 5.10 Å². The summed E-state index contributed by atoms with van der Waals surface area (Å²) in [4.78, 5) is 37.8. The first kappa shape index (κ1) is 18.8. The smallest absolute Gasteiger partial charge is 0.348 e. The van der Waals surface area contributed by atoms with Crippen LogP contribution in [0.4, 0.5) is 5.00 Å². The fraction of sp³-hybridized carbons (Fsp3) is 0.176. The maximum absolute atomic E-state index is 12.6. The lowest BCUT2D eigenvalue weighted by atomic mass is 10.1. The number of methoxy groups -OCH3 is 2. The number of aromatic nitrogens is 2. The second-order valence-corrected chi connectivity index (χ2v) is 7.31. The minimum absolute atomic E-state index is 0.116. The first-order valence-corrected chi connectivity index (χ1v) is 9.36. The molecule has 3 heterocycles. The molecule has 3 aromatic heterocycles. The second kappa shape index (κ2) is 7.72. The first-order chi connectivity index (χ1) is 13.0. The summed E-state index contributed by atoms with van der Waals surface area (Å²) in [5.41, 5.74) is 1.36. The maximum Gasteiger partial charge on any atom is 0.348 e. The third-order valence-corrected chi connectivity index (χ3v) is 5.82. The number of anilines is 1. The van der Waals surface area contributed by atoms with E-state index in [9.17, 15) is 14.4 Å². The van der Waals surface area contributed by atoms with Gasteiger partial charge in [-0.25, -0.2) is 9.59 Å². The van der Waals surface area contributed by atoms with Gasteiger partial charge in [-0.1, -0.05) is 6.07 Å². The molecule has 27 heavy (non-hydrogen) atoms. The summed E-state index contributed by atoms with van der Waals surface area (Å²) in [6.07, 6.45) is 0. The summed E-state index contributed by atoms with van der Waals surface area (Å²) in [7, 11) is 2.47. The van der Waals surface area contributed by atoms with Crippen molar-refractivity contribution in [2.75, 3.05) is 19.5 Å². The van der Waals surface area contributed by atoms with Crippen LogP contribution >= 0.6 is 22.7 Å². The zero-order chi connectivity index (χ0) is 19.6. The summed E-state index contributed by atoms with van der Waals surface area (Å²) >= 11 is 2.46. The zero-order valence-electron chi connectivity index (χ0n) is 14.6. The van der Waals surface area contributed by atoms with Gasteiger partial charge < -0.3 is 14.8 Å². The molecule has 1 amide bonds. The molecule has 0 aliphatic carbocycles. The highest BCUT2D eigenvalue weighted by Crippen LogP contribution is 2.34. The molecule has 0 aromatic carbocycles. The lowest BCUT2D eigenvalue weighted by Gasteiger charge is -2.04. The average molecular weight is 405 g/mol. The van der Waals surface area contributed by atoms with Gasteiger partial charge in [0, 0.05) is 0 Å². The van der Waals surface area contributed by atoms with E-state index in [2.05, 4.69) is 15.5 Å². The van der Waals surface area contributed by atoms with E-state index in [0.29, 0.717) is 11.3 Å². The molecule has 0 radical (unpaired) electrons. The van der Waals surface area contributed by atoms with Crippen LogP contribution in [-0.4, -0.2) is 42.3 Å². The zero-order valence-corrected chi connectivity index (χ0v) is 16.2. The number of aromatic amines is 1. The van der Waals surface area contributed by atoms with Crippen LogP contribution in [0, 0.1) is 6.92 Å². The van der Waals surface area contributed by atoms with Crippen LogP contribution in [0.25, 0.3) is 10.6 Å². The van der Waals surface area contributed by atoms with E-state index in [1.165, 1.54) is 25.6 Å². The van der Waals surface area contributed by atoms with Crippen molar-refractivity contribution in [3.63, 3.8) is 0 Å². The fourth-order valence-electron chi connectivity index (χ4n) is 2.40. The molecule has 0 aliphatic rings. The number of H-pyrrole nitrogens is 1. The van der Waals surface area contributed by atoms with E-state index in [0.717, 1.165) is 16.2 Å². The Morgan fingerprint density at radius 1 is 1.19 bits per heavy atom. The van der Waals surface area contributed by atoms with Crippen LogP contribution in [0.3, 0.4) is 0 Å². The Morgan fingerprint density at radius 3 is 2.56 bits per heavy atom. The highest BCUT2D eigenvalue weighted by atomic mass is 32.1. The van der Waals surface area contributed by atoms with Crippen molar-refractivity contribution in [2.45, 2.75) is 6.92 Å². The Hall–Kier alpha value is -2.98. The number of carbonyl (C=O) groups is 3. The van der Waals surface area contributed by atoms with Crippen molar-refractivity contribution < 1.29 is 23.9 Å². The predicted octanol–water partition coefficient (Wildman–Crippen LogP) is 3.33. The predicted molar refractivity (Wildman–Crippen MR) is 102 cm³/mol. The molecule has 0 unspecified atom stereocenters. The molecule has 3 aromatic rings. The monoisotopic (exact) mass is 405 g/mol. The van der Waals surface area contributed by atoms with Gasteiger partial charge in [-0.05, 0) is 30.0 Å². The molecule has 0 spiro atoms. The number of esters is 2.